The van der Waals surface area contributed by atoms with E-state index in [4.69, 9.17) is 9.47 Å². The third-order valence-corrected chi connectivity index (χ3v) is 2.90. The van der Waals surface area contributed by atoms with Crippen molar-refractivity contribution in [2.24, 2.45) is 0 Å². The van der Waals surface area contributed by atoms with Gasteiger partial charge in [-0.3, -0.25) is 5.32 Å². The first-order valence-corrected chi connectivity index (χ1v) is 6.54. The Morgan fingerprint density at radius 1 is 1.52 bits per heavy atom. The van der Waals surface area contributed by atoms with Crippen molar-refractivity contribution < 1.29 is 18.7 Å². The molecule has 0 radical (unpaired) electrons. The third kappa shape index (κ3) is 3.27. The molecule has 1 unspecified atom stereocenters. The Bertz CT molecular complexity index is 644. The number of hydrogen-bond donors (Lipinski definition) is 1. The summed E-state index contributed by atoms with van der Waals surface area (Å²) < 4.78 is 25.3. The minimum Gasteiger partial charge on any atom is -0.450 e. The molecule has 21 heavy (non-hydrogen) atoms. The quantitative estimate of drug-likeness (QED) is 0.916. The summed E-state index contributed by atoms with van der Waals surface area (Å²) in [7, 11) is 1.59. The van der Waals surface area contributed by atoms with Crippen molar-refractivity contribution in [2.45, 2.75) is 19.9 Å². The highest BCUT2D eigenvalue weighted by molar-refractivity contribution is 5.88. The fraction of sp³-hybridized carbons (Fsp3) is 0.462. The Morgan fingerprint density at radius 2 is 2.29 bits per heavy atom. The van der Waals surface area contributed by atoms with Crippen molar-refractivity contribution in [3.8, 4) is 0 Å². The molecule has 0 spiro atoms. The lowest BCUT2D eigenvalue weighted by Crippen LogP contribution is -2.15. The number of methoxy groups -OCH3 is 1. The largest absolute Gasteiger partial charge is 0.450 e. The Balaban J connectivity index is 2.36. The van der Waals surface area contributed by atoms with Crippen LogP contribution >= 0.6 is 0 Å². The average molecular weight is 296 g/mol. The lowest BCUT2D eigenvalue weighted by atomic mass is 10.2. The molecule has 1 amide bonds. The molecule has 7 nitrogen and oxygen atoms in total. The number of nitrogens with one attached hydrogen (secondary N) is 1. The first-order valence-electron chi connectivity index (χ1n) is 6.54. The van der Waals surface area contributed by atoms with E-state index in [0.717, 1.165) is 0 Å². The van der Waals surface area contributed by atoms with Gasteiger partial charge in [0.05, 0.1) is 30.5 Å². The van der Waals surface area contributed by atoms with Crippen molar-refractivity contribution in [3.63, 3.8) is 0 Å². The molecule has 1 atom stereocenters. The number of nitrogens with zero attached hydrogens (tertiary/aromatic N) is 3. The lowest BCUT2D eigenvalue weighted by Gasteiger charge is -2.12. The van der Waals surface area contributed by atoms with E-state index in [0.29, 0.717) is 17.6 Å². The molecule has 0 saturated heterocycles. The number of amides is 1. The van der Waals surface area contributed by atoms with Gasteiger partial charge in [-0.05, 0) is 19.9 Å². The number of fused-ring (bicyclic) bond motifs is 1. The van der Waals surface area contributed by atoms with Gasteiger partial charge in [0.1, 0.15) is 11.3 Å². The van der Waals surface area contributed by atoms with E-state index in [1.807, 2.05) is 6.92 Å². The van der Waals surface area contributed by atoms with E-state index in [1.165, 1.54) is 12.1 Å². The Kier molecular flexibility index (Phi) is 4.69. The van der Waals surface area contributed by atoms with E-state index in [-0.39, 0.29) is 18.3 Å². The van der Waals surface area contributed by atoms with Crippen LogP contribution in [0.2, 0.25) is 0 Å². The topological polar surface area (TPSA) is 78.3 Å². The van der Waals surface area contributed by atoms with Crippen LogP contribution in [-0.2, 0) is 9.47 Å². The minimum absolute atomic E-state index is 0.0223. The van der Waals surface area contributed by atoms with Crippen LogP contribution in [0.5, 0.6) is 0 Å². The van der Waals surface area contributed by atoms with Gasteiger partial charge in [-0.15, -0.1) is 5.10 Å². The van der Waals surface area contributed by atoms with Crippen LogP contribution < -0.4 is 5.32 Å². The summed E-state index contributed by atoms with van der Waals surface area (Å²) >= 11 is 0. The van der Waals surface area contributed by atoms with E-state index in [9.17, 15) is 9.18 Å². The second kappa shape index (κ2) is 6.49. The molecule has 1 aromatic carbocycles. The second-order valence-corrected chi connectivity index (χ2v) is 4.50. The summed E-state index contributed by atoms with van der Waals surface area (Å²) in [5, 5.41) is 10.3. The molecule has 0 saturated carbocycles. The van der Waals surface area contributed by atoms with Crippen molar-refractivity contribution in [1.82, 2.24) is 15.0 Å². The maximum absolute atomic E-state index is 13.9. The fourth-order valence-corrected chi connectivity index (χ4v) is 1.97. The van der Waals surface area contributed by atoms with Crippen molar-refractivity contribution in [2.75, 3.05) is 25.6 Å². The van der Waals surface area contributed by atoms with Crippen LogP contribution in [0, 0.1) is 5.82 Å². The zero-order valence-electron chi connectivity index (χ0n) is 12.1. The normalized spacial score (nSPS) is 12.4. The predicted octanol–water partition coefficient (Wildman–Crippen LogP) is 2.35. The number of hydrogen-bond acceptors (Lipinski definition) is 5. The van der Waals surface area contributed by atoms with Crippen LogP contribution in [-0.4, -0.2) is 41.4 Å². The van der Waals surface area contributed by atoms with Gasteiger partial charge in [0.2, 0.25) is 0 Å². The van der Waals surface area contributed by atoms with E-state index in [2.05, 4.69) is 15.6 Å². The van der Waals surface area contributed by atoms with Crippen molar-refractivity contribution in [1.29, 1.82) is 0 Å². The van der Waals surface area contributed by atoms with E-state index < -0.39 is 11.9 Å². The molecule has 1 heterocycles. The van der Waals surface area contributed by atoms with Gasteiger partial charge in [-0.1, -0.05) is 5.21 Å². The summed E-state index contributed by atoms with van der Waals surface area (Å²) in [6.07, 6.45) is -0.709. The van der Waals surface area contributed by atoms with Gasteiger partial charge in [0.15, 0.2) is 0 Å². The molecule has 0 bridgehead atoms. The first kappa shape index (κ1) is 15.2. The number of carbonyl (C=O) groups excluding carboxylic acids is 1. The Hall–Kier alpha value is -2.22. The van der Waals surface area contributed by atoms with E-state index in [1.54, 1.807) is 18.7 Å². The summed E-state index contributed by atoms with van der Waals surface area (Å²) in [5.74, 6) is -0.595. The number of benzene rings is 1. The number of carbonyl (C=O) groups is 1. The van der Waals surface area contributed by atoms with Crippen LogP contribution in [0.15, 0.2) is 12.1 Å². The molecule has 1 aromatic heterocycles. The number of anilines is 1. The maximum atomic E-state index is 13.9. The molecule has 2 rings (SSSR count). The molecular weight excluding hydrogens is 279 g/mol. The first-order chi connectivity index (χ1) is 10.1. The highest BCUT2D eigenvalue weighted by Crippen LogP contribution is 2.23. The number of aromatic nitrogens is 3. The van der Waals surface area contributed by atoms with Crippen LogP contribution in [0.3, 0.4) is 0 Å². The molecule has 0 fully saturated rings. The standard InChI is InChI=1S/C13H17FN4O3/c1-4-21-13(19)15-10-6-12-11(5-9(10)14)16-17-18(12)8(2)7-20-3/h5-6,8H,4,7H2,1-3H3,(H,15,19). The van der Waals surface area contributed by atoms with Crippen molar-refractivity contribution >= 4 is 22.8 Å². The third-order valence-electron chi connectivity index (χ3n) is 2.90. The van der Waals surface area contributed by atoms with Crippen LogP contribution in [0.25, 0.3) is 11.0 Å². The van der Waals surface area contributed by atoms with E-state index >= 15 is 0 Å². The molecule has 114 valence electrons. The van der Waals surface area contributed by atoms with Crippen molar-refractivity contribution in [3.05, 3.63) is 17.9 Å². The van der Waals surface area contributed by atoms with Gasteiger partial charge in [-0.2, -0.15) is 0 Å². The van der Waals surface area contributed by atoms with Crippen LogP contribution in [0.1, 0.15) is 19.9 Å². The summed E-state index contributed by atoms with van der Waals surface area (Å²) in [4.78, 5) is 11.4. The van der Waals surface area contributed by atoms with Gasteiger partial charge in [0, 0.05) is 13.2 Å². The SMILES string of the molecule is CCOC(=O)Nc1cc2c(cc1F)nnn2C(C)COC. The zero-order chi connectivity index (χ0) is 15.4. The van der Waals surface area contributed by atoms with Gasteiger partial charge in [0.25, 0.3) is 0 Å². The Labute approximate surface area is 121 Å². The average Bonchev–Trinajstić information content (AvgIpc) is 2.82. The molecular formula is C13H17FN4O3. The summed E-state index contributed by atoms with van der Waals surface area (Å²) in [6, 6.07) is 2.63. The van der Waals surface area contributed by atoms with Gasteiger partial charge >= 0.3 is 6.09 Å². The lowest BCUT2D eigenvalue weighted by molar-refractivity contribution is 0.158. The number of halogens is 1. The molecule has 0 aliphatic heterocycles. The summed E-state index contributed by atoms with van der Waals surface area (Å²) in [5.41, 5.74) is 1.03. The van der Waals surface area contributed by atoms with Gasteiger partial charge < -0.3 is 9.47 Å². The monoisotopic (exact) mass is 296 g/mol. The zero-order valence-corrected chi connectivity index (χ0v) is 12.1. The molecule has 2 aromatic rings. The molecule has 8 heteroatoms. The summed E-state index contributed by atoms with van der Waals surface area (Å²) in [6.45, 7) is 4.22. The molecule has 0 aliphatic carbocycles. The van der Waals surface area contributed by atoms with Gasteiger partial charge in [-0.25, -0.2) is 13.9 Å². The Morgan fingerprint density at radius 3 is 2.95 bits per heavy atom. The highest BCUT2D eigenvalue weighted by atomic mass is 19.1. The fourth-order valence-electron chi connectivity index (χ4n) is 1.97. The molecule has 1 N–H and O–H groups in total. The number of rotatable bonds is 5. The highest BCUT2D eigenvalue weighted by Gasteiger charge is 2.16. The van der Waals surface area contributed by atoms with Crippen LogP contribution in [0.4, 0.5) is 14.9 Å². The number of ether oxygens (including phenoxy) is 2. The minimum atomic E-state index is -0.709. The smallest absolute Gasteiger partial charge is 0.411 e. The maximum Gasteiger partial charge on any atom is 0.411 e. The second-order valence-electron chi connectivity index (χ2n) is 4.50. The molecule has 0 aliphatic rings. The predicted molar refractivity (Wildman–Crippen MR) is 74.7 cm³/mol.